The lowest BCUT2D eigenvalue weighted by molar-refractivity contribution is -0.870. The summed E-state index contributed by atoms with van der Waals surface area (Å²) < 4.78 is 34.8. The Balaban J connectivity index is 4.16. The van der Waals surface area contributed by atoms with Crippen molar-refractivity contribution in [3.8, 4) is 0 Å². The van der Waals surface area contributed by atoms with Gasteiger partial charge in [-0.25, -0.2) is 0 Å². The zero-order chi connectivity index (χ0) is 50.5. The molecule has 0 aliphatic heterocycles. The van der Waals surface area contributed by atoms with E-state index in [1.807, 2.05) is 21.1 Å². The first-order valence-electron chi connectivity index (χ1n) is 27.6. The molecule has 0 aromatic rings. The van der Waals surface area contributed by atoms with Crippen LogP contribution in [-0.4, -0.2) is 70.7 Å². The zero-order valence-corrected chi connectivity index (χ0v) is 45.9. The van der Waals surface area contributed by atoms with Gasteiger partial charge < -0.3 is 27.9 Å². The minimum Gasteiger partial charge on any atom is -0.756 e. The molecule has 0 aromatic heterocycles. The minimum absolute atomic E-state index is 0.0172. The third-order valence-electron chi connectivity index (χ3n) is 11.3. The lowest BCUT2D eigenvalue weighted by Gasteiger charge is -2.28. The Morgan fingerprint density at radius 1 is 0.449 bits per heavy atom. The summed E-state index contributed by atoms with van der Waals surface area (Å²) in [7, 11) is 1.33. The van der Waals surface area contributed by atoms with Crippen LogP contribution in [0.3, 0.4) is 0 Å². The molecule has 0 spiro atoms. The van der Waals surface area contributed by atoms with Crippen LogP contribution >= 0.6 is 7.82 Å². The highest BCUT2D eigenvalue weighted by Crippen LogP contribution is 2.38. The van der Waals surface area contributed by atoms with Crippen molar-refractivity contribution >= 4 is 13.8 Å². The summed E-state index contributed by atoms with van der Waals surface area (Å²) in [5, 5.41) is 0. The standard InChI is InChI=1S/C60H104NO7P/c1-6-8-10-12-14-16-18-20-22-24-26-28-30-32-34-36-38-40-42-44-46-48-50-52-55-65-57-59(58-67-69(63,64)66-56-54-61(3,4)5)68-60(62)53-51-49-47-45-43-41-39-37-35-33-31-29-27-25-23-21-19-17-15-13-11-9-7-2/h8-11,14-17,20-23,26-29,33,35,59H,6-7,12-13,18-19,24-25,30-32,34,36-58H2,1-5H3/b10-8-,11-9-,16-14-,17-15-,22-20-,23-21-,28-26-,29-27-,35-33-. The van der Waals surface area contributed by atoms with Crippen molar-refractivity contribution in [3.63, 3.8) is 0 Å². The first-order valence-corrected chi connectivity index (χ1v) is 29.1. The number of ether oxygens (including phenoxy) is 2. The SMILES string of the molecule is CC/C=C\C/C=C\C/C=C\C/C=C\C/C=C\CCCCCCCCCC(=O)OC(COCCCCCCCCCCCCC/C=C\C/C=C\C/C=C\C/C=C\CC)COP(=O)([O-])OCC[N+](C)(C)C. The molecule has 0 rings (SSSR count). The zero-order valence-electron chi connectivity index (χ0n) is 45.0. The van der Waals surface area contributed by atoms with Crippen LogP contribution in [0.4, 0.5) is 0 Å². The number of likely N-dealkylation sites (N-methyl/N-ethyl adjacent to an activating group) is 1. The maximum Gasteiger partial charge on any atom is 0.306 e. The lowest BCUT2D eigenvalue weighted by atomic mass is 10.1. The second-order valence-electron chi connectivity index (χ2n) is 19.2. The van der Waals surface area contributed by atoms with E-state index in [1.165, 1.54) is 83.5 Å². The van der Waals surface area contributed by atoms with E-state index in [1.54, 1.807) is 0 Å². The van der Waals surface area contributed by atoms with Gasteiger partial charge in [0.1, 0.15) is 19.3 Å². The largest absolute Gasteiger partial charge is 0.756 e. The lowest BCUT2D eigenvalue weighted by Crippen LogP contribution is -2.37. The Morgan fingerprint density at radius 3 is 1.19 bits per heavy atom. The normalized spacial score (nSPS) is 14.3. The molecule has 396 valence electrons. The van der Waals surface area contributed by atoms with Gasteiger partial charge in [0, 0.05) is 13.0 Å². The fraction of sp³-hybridized carbons (Fsp3) is 0.683. The first-order chi connectivity index (χ1) is 33.6. The molecule has 8 nitrogen and oxygen atoms in total. The van der Waals surface area contributed by atoms with Gasteiger partial charge in [-0.3, -0.25) is 9.36 Å². The van der Waals surface area contributed by atoms with Crippen molar-refractivity contribution in [2.75, 3.05) is 54.1 Å². The Morgan fingerprint density at radius 2 is 0.797 bits per heavy atom. The van der Waals surface area contributed by atoms with Crippen molar-refractivity contribution in [1.29, 1.82) is 0 Å². The molecular formula is C60H104NO7P. The van der Waals surface area contributed by atoms with E-state index in [0.29, 0.717) is 24.1 Å². The number of esters is 1. The average Bonchev–Trinajstić information content (AvgIpc) is 3.31. The molecule has 0 aromatic carbocycles. The summed E-state index contributed by atoms with van der Waals surface area (Å²) in [6.07, 6.45) is 72.6. The van der Waals surface area contributed by atoms with Gasteiger partial charge in [0.05, 0.1) is 34.4 Å². The van der Waals surface area contributed by atoms with Gasteiger partial charge in [-0.1, -0.05) is 213 Å². The molecule has 0 saturated carbocycles. The molecule has 0 bridgehead atoms. The molecule has 0 fully saturated rings. The van der Waals surface area contributed by atoms with Gasteiger partial charge in [-0.15, -0.1) is 0 Å². The highest BCUT2D eigenvalue weighted by atomic mass is 31.2. The predicted octanol–water partition coefficient (Wildman–Crippen LogP) is 16.9. The Bertz CT molecular complexity index is 1470. The molecule has 0 amide bonds. The van der Waals surface area contributed by atoms with E-state index in [9.17, 15) is 14.3 Å². The van der Waals surface area contributed by atoms with Crippen LogP contribution in [0, 0.1) is 0 Å². The van der Waals surface area contributed by atoms with Crippen molar-refractivity contribution in [2.45, 2.75) is 213 Å². The number of allylic oxidation sites excluding steroid dienone is 18. The van der Waals surface area contributed by atoms with Crippen molar-refractivity contribution < 1.29 is 37.3 Å². The van der Waals surface area contributed by atoms with E-state index in [4.69, 9.17) is 18.5 Å². The fourth-order valence-corrected chi connectivity index (χ4v) is 7.88. The summed E-state index contributed by atoms with van der Waals surface area (Å²) >= 11 is 0. The molecule has 0 aliphatic carbocycles. The summed E-state index contributed by atoms with van der Waals surface area (Å²) in [5.41, 5.74) is 0. The van der Waals surface area contributed by atoms with Crippen LogP contribution in [0.1, 0.15) is 206 Å². The van der Waals surface area contributed by atoms with Crippen molar-refractivity contribution in [1.82, 2.24) is 0 Å². The third-order valence-corrected chi connectivity index (χ3v) is 12.3. The van der Waals surface area contributed by atoms with Crippen LogP contribution < -0.4 is 4.89 Å². The first kappa shape index (κ1) is 66.2. The minimum atomic E-state index is -4.55. The topological polar surface area (TPSA) is 94.1 Å². The number of carbonyl (C=O) groups excluding carboxylic acids is 1. The number of phosphoric acid groups is 1. The molecule has 0 N–H and O–H groups in total. The Hall–Kier alpha value is -2.84. The third kappa shape index (κ3) is 56.0. The number of carbonyl (C=O) groups is 1. The van der Waals surface area contributed by atoms with E-state index >= 15 is 0 Å². The van der Waals surface area contributed by atoms with Gasteiger partial charge in [-0.2, -0.15) is 0 Å². The van der Waals surface area contributed by atoms with Crippen molar-refractivity contribution in [3.05, 3.63) is 109 Å². The maximum atomic E-state index is 12.8. The van der Waals surface area contributed by atoms with Crippen LogP contribution in [0.15, 0.2) is 109 Å². The van der Waals surface area contributed by atoms with Crippen LogP contribution in [0.5, 0.6) is 0 Å². The molecule has 0 heterocycles. The maximum absolute atomic E-state index is 12.8. The van der Waals surface area contributed by atoms with E-state index in [0.717, 1.165) is 103 Å². The second-order valence-corrected chi connectivity index (χ2v) is 20.6. The van der Waals surface area contributed by atoms with Gasteiger partial charge in [0.25, 0.3) is 7.82 Å². The van der Waals surface area contributed by atoms with Crippen LogP contribution in [-0.2, 0) is 27.9 Å². The number of nitrogens with zero attached hydrogens (tertiary/aromatic N) is 1. The van der Waals surface area contributed by atoms with Gasteiger partial charge >= 0.3 is 5.97 Å². The van der Waals surface area contributed by atoms with Crippen LogP contribution in [0.2, 0.25) is 0 Å². The van der Waals surface area contributed by atoms with E-state index < -0.39 is 13.9 Å². The number of phosphoric ester groups is 1. The molecule has 69 heavy (non-hydrogen) atoms. The highest BCUT2D eigenvalue weighted by Gasteiger charge is 2.20. The number of rotatable bonds is 50. The highest BCUT2D eigenvalue weighted by molar-refractivity contribution is 7.45. The Kier molecular flexibility index (Phi) is 49.4. The van der Waals surface area contributed by atoms with E-state index in [2.05, 4.69) is 123 Å². The summed E-state index contributed by atoms with van der Waals surface area (Å²) in [6.45, 7) is 5.16. The predicted molar refractivity (Wildman–Crippen MR) is 295 cm³/mol. The molecule has 2 atom stereocenters. The van der Waals surface area contributed by atoms with Gasteiger partial charge in [0.15, 0.2) is 0 Å². The smallest absolute Gasteiger partial charge is 0.306 e. The summed E-state index contributed by atoms with van der Waals surface area (Å²) in [4.78, 5) is 25.3. The second kappa shape index (κ2) is 51.5. The molecule has 0 aliphatic rings. The number of hydrogen-bond donors (Lipinski definition) is 0. The van der Waals surface area contributed by atoms with E-state index in [-0.39, 0.29) is 25.8 Å². The molecule has 0 radical (unpaired) electrons. The summed E-state index contributed by atoms with van der Waals surface area (Å²) in [6, 6.07) is 0. The van der Waals surface area contributed by atoms with Crippen LogP contribution in [0.25, 0.3) is 0 Å². The van der Waals surface area contributed by atoms with Gasteiger partial charge in [-0.05, 0) is 96.3 Å². The quantitative estimate of drug-likeness (QED) is 0.0197. The van der Waals surface area contributed by atoms with Gasteiger partial charge in [0.2, 0.25) is 0 Å². The summed E-state index contributed by atoms with van der Waals surface area (Å²) in [5.74, 6) is -0.349. The van der Waals surface area contributed by atoms with Crippen molar-refractivity contribution in [2.24, 2.45) is 0 Å². The molecule has 9 heteroatoms. The number of unbranched alkanes of at least 4 members (excludes halogenated alkanes) is 18. The molecule has 0 saturated heterocycles. The monoisotopic (exact) mass is 982 g/mol. The molecular weight excluding hydrogens is 878 g/mol. The Labute approximate surface area is 425 Å². The number of hydrogen-bond acceptors (Lipinski definition) is 7. The number of quaternary nitrogens is 1. The average molecular weight is 982 g/mol. The molecule has 2 unspecified atom stereocenters. The fourth-order valence-electron chi connectivity index (χ4n) is 7.15.